The van der Waals surface area contributed by atoms with E-state index in [0.717, 1.165) is 16.8 Å². The molecule has 0 aliphatic carbocycles. The summed E-state index contributed by atoms with van der Waals surface area (Å²) in [5.41, 5.74) is 3.18. The molecule has 0 unspecified atom stereocenters. The van der Waals surface area contributed by atoms with Crippen LogP contribution in [0.3, 0.4) is 0 Å². The van der Waals surface area contributed by atoms with Crippen LogP contribution in [0.2, 0.25) is 0 Å². The molecule has 0 saturated heterocycles. The largest absolute Gasteiger partial charge is 0.435 e. The van der Waals surface area contributed by atoms with Gasteiger partial charge in [-0.05, 0) is 49.6 Å². The van der Waals surface area contributed by atoms with Crippen molar-refractivity contribution in [3.63, 3.8) is 0 Å². The lowest BCUT2D eigenvalue weighted by Gasteiger charge is -2.11. The van der Waals surface area contributed by atoms with Crippen molar-refractivity contribution in [2.24, 2.45) is 0 Å². The number of alkyl halides is 3. The van der Waals surface area contributed by atoms with Crippen molar-refractivity contribution in [1.82, 2.24) is 14.6 Å². The molecular weight excluding hydrogens is 377 g/mol. The van der Waals surface area contributed by atoms with Gasteiger partial charge in [0.1, 0.15) is 5.82 Å². The topological polar surface area (TPSA) is 42.2 Å². The molecule has 0 bridgehead atoms. The number of aryl methyl sites for hydroxylation is 3. The van der Waals surface area contributed by atoms with Crippen LogP contribution in [0.1, 0.15) is 22.5 Å². The Morgan fingerprint density at radius 1 is 0.897 bits per heavy atom. The average Bonchev–Trinajstić information content (AvgIpc) is 3.05. The molecule has 2 aromatic carbocycles. The van der Waals surface area contributed by atoms with E-state index in [1.807, 2.05) is 32.0 Å². The van der Waals surface area contributed by atoms with Gasteiger partial charge in [0.2, 0.25) is 0 Å². The molecule has 0 amide bonds. The summed E-state index contributed by atoms with van der Waals surface area (Å²) in [7, 11) is 0. The van der Waals surface area contributed by atoms with E-state index in [2.05, 4.69) is 15.4 Å². The molecule has 0 atom stereocenters. The SMILES string of the molecule is Cc1cc(Nc2ccc(C)c(C)c2)n2nc(C(F)(F)F)c(-c3ccccc3)c2n1. The summed E-state index contributed by atoms with van der Waals surface area (Å²) < 4.78 is 42.6. The van der Waals surface area contributed by atoms with Crippen molar-refractivity contribution < 1.29 is 13.2 Å². The molecule has 7 heteroatoms. The fraction of sp³-hybridized carbons (Fsp3) is 0.182. The van der Waals surface area contributed by atoms with E-state index in [0.29, 0.717) is 17.1 Å². The smallest absolute Gasteiger partial charge is 0.340 e. The Kier molecular flexibility index (Phi) is 4.53. The number of hydrogen-bond donors (Lipinski definition) is 1. The van der Waals surface area contributed by atoms with Crippen molar-refractivity contribution in [2.45, 2.75) is 26.9 Å². The molecule has 0 aliphatic heterocycles. The number of nitrogens with one attached hydrogen (secondary N) is 1. The van der Waals surface area contributed by atoms with Crippen molar-refractivity contribution in [1.29, 1.82) is 0 Å². The van der Waals surface area contributed by atoms with Crippen LogP contribution in [0, 0.1) is 20.8 Å². The van der Waals surface area contributed by atoms with Gasteiger partial charge in [0.25, 0.3) is 0 Å². The van der Waals surface area contributed by atoms with Gasteiger partial charge in [0.15, 0.2) is 11.3 Å². The Morgan fingerprint density at radius 3 is 2.28 bits per heavy atom. The molecule has 4 aromatic rings. The minimum atomic E-state index is -4.61. The van der Waals surface area contributed by atoms with Crippen LogP contribution < -0.4 is 5.32 Å². The van der Waals surface area contributed by atoms with Gasteiger partial charge in [-0.1, -0.05) is 36.4 Å². The number of rotatable bonds is 3. The van der Waals surface area contributed by atoms with Crippen LogP contribution in [0.5, 0.6) is 0 Å². The Labute approximate surface area is 166 Å². The first-order valence-corrected chi connectivity index (χ1v) is 9.11. The first-order chi connectivity index (χ1) is 13.7. The fourth-order valence-electron chi connectivity index (χ4n) is 3.26. The highest BCUT2D eigenvalue weighted by molar-refractivity contribution is 5.82. The summed E-state index contributed by atoms with van der Waals surface area (Å²) in [6.07, 6.45) is -4.61. The van der Waals surface area contributed by atoms with Crippen LogP contribution in [-0.4, -0.2) is 14.6 Å². The van der Waals surface area contributed by atoms with E-state index in [4.69, 9.17) is 0 Å². The molecule has 148 valence electrons. The highest BCUT2D eigenvalue weighted by Gasteiger charge is 2.39. The van der Waals surface area contributed by atoms with Gasteiger partial charge in [-0.25, -0.2) is 4.98 Å². The third kappa shape index (κ3) is 3.55. The van der Waals surface area contributed by atoms with Gasteiger partial charge >= 0.3 is 6.18 Å². The van der Waals surface area contributed by atoms with E-state index < -0.39 is 11.9 Å². The summed E-state index contributed by atoms with van der Waals surface area (Å²) in [4.78, 5) is 4.38. The number of anilines is 2. The van der Waals surface area contributed by atoms with Crippen LogP contribution in [0.15, 0.2) is 54.6 Å². The molecule has 0 spiro atoms. The maximum absolute atomic E-state index is 13.8. The van der Waals surface area contributed by atoms with Crippen LogP contribution in [-0.2, 0) is 6.18 Å². The van der Waals surface area contributed by atoms with Gasteiger partial charge < -0.3 is 5.32 Å². The maximum atomic E-state index is 13.8. The third-order valence-corrected chi connectivity index (χ3v) is 4.83. The molecule has 0 radical (unpaired) electrons. The zero-order valence-electron chi connectivity index (χ0n) is 16.2. The Balaban J connectivity index is 1.95. The van der Waals surface area contributed by atoms with E-state index in [-0.39, 0.29) is 11.2 Å². The normalized spacial score (nSPS) is 11.8. The molecule has 1 N–H and O–H groups in total. The predicted octanol–water partition coefficient (Wildman–Crippen LogP) is 6.08. The quantitative estimate of drug-likeness (QED) is 0.456. The van der Waals surface area contributed by atoms with Gasteiger partial charge in [0, 0.05) is 17.4 Å². The average molecular weight is 396 g/mol. The van der Waals surface area contributed by atoms with Gasteiger partial charge in [0.05, 0.1) is 5.56 Å². The van der Waals surface area contributed by atoms with Crippen molar-refractivity contribution in [2.75, 3.05) is 5.32 Å². The second-order valence-electron chi connectivity index (χ2n) is 7.03. The van der Waals surface area contributed by atoms with E-state index >= 15 is 0 Å². The molecule has 2 heterocycles. The molecular formula is C22H19F3N4. The van der Waals surface area contributed by atoms with Crippen LogP contribution in [0.4, 0.5) is 24.7 Å². The number of hydrogen-bond acceptors (Lipinski definition) is 3. The van der Waals surface area contributed by atoms with E-state index in [1.165, 1.54) is 4.52 Å². The van der Waals surface area contributed by atoms with Crippen molar-refractivity contribution in [3.8, 4) is 11.1 Å². The molecule has 0 fully saturated rings. The summed E-state index contributed by atoms with van der Waals surface area (Å²) >= 11 is 0. The zero-order valence-corrected chi connectivity index (χ0v) is 16.2. The van der Waals surface area contributed by atoms with Gasteiger partial charge in [-0.3, -0.25) is 0 Å². The Morgan fingerprint density at radius 2 is 1.62 bits per heavy atom. The molecule has 4 rings (SSSR count). The minimum absolute atomic E-state index is 0.0232. The molecule has 0 saturated carbocycles. The van der Waals surface area contributed by atoms with Crippen LogP contribution in [0.25, 0.3) is 16.8 Å². The summed E-state index contributed by atoms with van der Waals surface area (Å²) in [6, 6.07) is 15.9. The summed E-state index contributed by atoms with van der Waals surface area (Å²) in [5, 5.41) is 7.10. The maximum Gasteiger partial charge on any atom is 0.435 e. The predicted molar refractivity (Wildman–Crippen MR) is 107 cm³/mol. The first kappa shape index (κ1) is 19.0. The number of benzene rings is 2. The number of nitrogens with zero attached hydrogens (tertiary/aromatic N) is 3. The lowest BCUT2D eigenvalue weighted by atomic mass is 10.1. The molecule has 29 heavy (non-hydrogen) atoms. The van der Waals surface area contributed by atoms with Gasteiger partial charge in [-0.2, -0.15) is 22.8 Å². The lowest BCUT2D eigenvalue weighted by Crippen LogP contribution is -2.08. The minimum Gasteiger partial charge on any atom is -0.340 e. The van der Waals surface area contributed by atoms with E-state index in [1.54, 1.807) is 43.3 Å². The Bertz CT molecular complexity index is 1190. The summed E-state index contributed by atoms with van der Waals surface area (Å²) in [5.74, 6) is 0.420. The monoisotopic (exact) mass is 396 g/mol. The number of fused-ring (bicyclic) bond motifs is 1. The second kappa shape index (κ2) is 6.92. The molecule has 2 aromatic heterocycles. The number of halogens is 3. The Hall–Kier alpha value is -3.35. The van der Waals surface area contributed by atoms with Crippen molar-refractivity contribution >= 4 is 17.2 Å². The molecule has 0 aliphatic rings. The third-order valence-electron chi connectivity index (χ3n) is 4.83. The van der Waals surface area contributed by atoms with Gasteiger partial charge in [-0.15, -0.1) is 0 Å². The lowest BCUT2D eigenvalue weighted by molar-refractivity contribution is -0.140. The van der Waals surface area contributed by atoms with E-state index in [9.17, 15) is 13.2 Å². The van der Waals surface area contributed by atoms with Crippen molar-refractivity contribution in [3.05, 3.63) is 77.1 Å². The highest BCUT2D eigenvalue weighted by Crippen LogP contribution is 2.39. The van der Waals surface area contributed by atoms with Crippen LogP contribution >= 0.6 is 0 Å². The first-order valence-electron chi connectivity index (χ1n) is 9.11. The standard InChI is InChI=1S/C22H19F3N4/c1-13-9-10-17(11-14(13)2)27-18-12-15(3)26-21-19(16-7-5-4-6-8-16)20(22(23,24)25)28-29(18)21/h4-12,27H,1-3H3. The fourth-order valence-corrected chi connectivity index (χ4v) is 3.26. The number of aromatic nitrogens is 3. The zero-order chi connectivity index (χ0) is 20.8. The second-order valence-corrected chi connectivity index (χ2v) is 7.03. The highest BCUT2D eigenvalue weighted by atomic mass is 19.4. The summed E-state index contributed by atoms with van der Waals surface area (Å²) in [6.45, 7) is 5.74. The molecule has 4 nitrogen and oxygen atoms in total.